The second-order valence-corrected chi connectivity index (χ2v) is 5.26. The lowest BCUT2D eigenvalue weighted by Gasteiger charge is -2.25. The molecule has 2 N–H and O–H groups in total. The summed E-state index contributed by atoms with van der Waals surface area (Å²) in [5, 5.41) is 6.67. The molecular weight excluding hydrogens is 351 g/mol. The van der Waals surface area contributed by atoms with E-state index >= 15 is 0 Å². The van der Waals surface area contributed by atoms with Gasteiger partial charge in [0.2, 0.25) is 0 Å². The highest BCUT2D eigenvalue weighted by atomic mass is 127. The zero-order valence-corrected chi connectivity index (χ0v) is 15.8. The average Bonchev–Trinajstić information content (AvgIpc) is 2.30. The predicted molar refractivity (Wildman–Crippen MR) is 96.6 cm³/mol. The van der Waals surface area contributed by atoms with Gasteiger partial charge in [-0.05, 0) is 33.2 Å². The van der Waals surface area contributed by atoms with E-state index in [1.54, 1.807) is 0 Å². The predicted octanol–water partition coefficient (Wildman–Crippen LogP) is 2.55. The molecule has 0 spiro atoms. The van der Waals surface area contributed by atoms with Crippen LogP contribution >= 0.6 is 24.0 Å². The Hall–Kier alpha value is -0.0400. The summed E-state index contributed by atoms with van der Waals surface area (Å²) in [6.45, 7) is 18.0. The van der Waals surface area contributed by atoms with Gasteiger partial charge in [-0.3, -0.25) is 9.89 Å². The van der Waals surface area contributed by atoms with Gasteiger partial charge in [0, 0.05) is 32.2 Å². The molecule has 0 aromatic rings. The molecule has 0 amide bonds. The third kappa shape index (κ3) is 11.5. The Morgan fingerprint density at radius 3 is 2.16 bits per heavy atom. The summed E-state index contributed by atoms with van der Waals surface area (Å²) in [5.41, 5.74) is 0. The molecule has 5 heteroatoms. The third-order valence-corrected chi connectivity index (χ3v) is 2.79. The minimum Gasteiger partial charge on any atom is -0.357 e. The van der Waals surface area contributed by atoms with Crippen LogP contribution in [0.4, 0.5) is 0 Å². The molecule has 0 aliphatic carbocycles. The van der Waals surface area contributed by atoms with Crippen LogP contribution < -0.4 is 10.6 Å². The first-order chi connectivity index (χ1) is 8.51. The number of nitrogens with one attached hydrogen (secondary N) is 2. The van der Waals surface area contributed by atoms with E-state index in [0.717, 1.165) is 38.7 Å². The van der Waals surface area contributed by atoms with E-state index < -0.39 is 0 Å². The second-order valence-electron chi connectivity index (χ2n) is 5.26. The number of aliphatic imine (C=N–C) groups is 1. The van der Waals surface area contributed by atoms with Crippen LogP contribution in [0.15, 0.2) is 4.99 Å². The standard InChI is InChI=1S/C14H32N4.HI/c1-7-15-14(17-11-12(3)4)16-9-10-18(8-2)13(5)6;/h12-13H,7-11H2,1-6H3,(H2,15,16,17);1H. The van der Waals surface area contributed by atoms with E-state index in [-0.39, 0.29) is 24.0 Å². The average molecular weight is 384 g/mol. The molecule has 0 saturated carbocycles. The summed E-state index contributed by atoms with van der Waals surface area (Å²) in [6, 6.07) is 0.604. The Balaban J connectivity index is 0. The van der Waals surface area contributed by atoms with Crippen LogP contribution in [0.1, 0.15) is 41.5 Å². The topological polar surface area (TPSA) is 39.7 Å². The zero-order valence-electron chi connectivity index (χ0n) is 13.5. The van der Waals surface area contributed by atoms with Gasteiger partial charge in [0.15, 0.2) is 5.96 Å². The van der Waals surface area contributed by atoms with Gasteiger partial charge in [0.05, 0.1) is 0 Å². The molecule has 4 nitrogen and oxygen atoms in total. The van der Waals surface area contributed by atoms with Crippen molar-refractivity contribution in [3.63, 3.8) is 0 Å². The highest BCUT2D eigenvalue weighted by Crippen LogP contribution is 1.95. The third-order valence-electron chi connectivity index (χ3n) is 2.79. The number of nitrogens with zero attached hydrogens (tertiary/aromatic N) is 2. The van der Waals surface area contributed by atoms with Crippen LogP contribution in [0.2, 0.25) is 0 Å². The summed E-state index contributed by atoms with van der Waals surface area (Å²) in [4.78, 5) is 7.00. The number of halogens is 1. The van der Waals surface area contributed by atoms with Gasteiger partial charge in [-0.25, -0.2) is 0 Å². The molecule has 0 aromatic carbocycles. The van der Waals surface area contributed by atoms with Crippen molar-refractivity contribution in [2.75, 3.05) is 32.7 Å². The van der Waals surface area contributed by atoms with Crippen LogP contribution in [-0.2, 0) is 0 Å². The Bertz CT molecular complexity index is 229. The van der Waals surface area contributed by atoms with Gasteiger partial charge in [0.1, 0.15) is 0 Å². The van der Waals surface area contributed by atoms with Crippen LogP contribution in [0.3, 0.4) is 0 Å². The van der Waals surface area contributed by atoms with Gasteiger partial charge in [-0.15, -0.1) is 24.0 Å². The monoisotopic (exact) mass is 384 g/mol. The van der Waals surface area contributed by atoms with Crippen LogP contribution in [0, 0.1) is 5.92 Å². The maximum Gasteiger partial charge on any atom is 0.191 e. The Morgan fingerprint density at radius 1 is 1.11 bits per heavy atom. The summed E-state index contributed by atoms with van der Waals surface area (Å²) >= 11 is 0. The Morgan fingerprint density at radius 2 is 1.74 bits per heavy atom. The summed E-state index contributed by atoms with van der Waals surface area (Å²) in [5.74, 6) is 1.54. The van der Waals surface area contributed by atoms with Gasteiger partial charge >= 0.3 is 0 Å². The Kier molecular flexibility index (Phi) is 14.5. The van der Waals surface area contributed by atoms with E-state index in [9.17, 15) is 0 Å². The maximum absolute atomic E-state index is 4.56. The van der Waals surface area contributed by atoms with Gasteiger partial charge in [-0.1, -0.05) is 20.8 Å². The minimum absolute atomic E-state index is 0. The largest absolute Gasteiger partial charge is 0.357 e. The molecule has 0 rings (SSSR count). The number of rotatable bonds is 8. The van der Waals surface area contributed by atoms with Gasteiger partial charge in [-0.2, -0.15) is 0 Å². The fraction of sp³-hybridized carbons (Fsp3) is 0.929. The van der Waals surface area contributed by atoms with Gasteiger partial charge in [0.25, 0.3) is 0 Å². The molecule has 0 fully saturated rings. The van der Waals surface area contributed by atoms with Crippen molar-refractivity contribution in [1.29, 1.82) is 0 Å². The normalized spacial score (nSPS) is 11.9. The lowest BCUT2D eigenvalue weighted by atomic mass is 10.2. The van der Waals surface area contributed by atoms with Crippen molar-refractivity contribution in [3.8, 4) is 0 Å². The molecule has 0 aliphatic rings. The molecule has 0 aromatic heterocycles. The fourth-order valence-electron chi connectivity index (χ4n) is 1.71. The molecule has 0 bridgehead atoms. The van der Waals surface area contributed by atoms with E-state index in [0.29, 0.717) is 12.0 Å². The fourth-order valence-corrected chi connectivity index (χ4v) is 1.71. The number of likely N-dealkylation sites (N-methyl/N-ethyl adjacent to an activating group) is 1. The molecule has 0 radical (unpaired) electrons. The molecule has 0 saturated heterocycles. The SMILES string of the molecule is CCNC(=NCC(C)C)NCCN(CC)C(C)C.I. The summed E-state index contributed by atoms with van der Waals surface area (Å²) in [7, 11) is 0. The lowest BCUT2D eigenvalue weighted by Crippen LogP contribution is -2.43. The van der Waals surface area contributed by atoms with E-state index in [1.807, 2.05) is 0 Å². The van der Waals surface area contributed by atoms with E-state index in [1.165, 1.54) is 0 Å². The number of hydrogen-bond donors (Lipinski definition) is 2. The first-order valence-corrected chi connectivity index (χ1v) is 7.27. The lowest BCUT2D eigenvalue weighted by molar-refractivity contribution is 0.237. The first-order valence-electron chi connectivity index (χ1n) is 7.27. The summed E-state index contributed by atoms with van der Waals surface area (Å²) < 4.78 is 0. The molecule has 19 heavy (non-hydrogen) atoms. The van der Waals surface area contributed by atoms with Crippen molar-refractivity contribution in [1.82, 2.24) is 15.5 Å². The molecule has 0 aliphatic heterocycles. The van der Waals surface area contributed by atoms with Crippen molar-refractivity contribution in [3.05, 3.63) is 0 Å². The van der Waals surface area contributed by atoms with Crippen LogP contribution in [-0.4, -0.2) is 49.6 Å². The molecule has 0 heterocycles. The van der Waals surface area contributed by atoms with Crippen molar-refractivity contribution in [2.24, 2.45) is 10.9 Å². The van der Waals surface area contributed by atoms with Gasteiger partial charge < -0.3 is 10.6 Å². The molecule has 0 atom stereocenters. The van der Waals surface area contributed by atoms with Crippen molar-refractivity contribution < 1.29 is 0 Å². The second kappa shape index (κ2) is 13.0. The quantitative estimate of drug-likeness (QED) is 0.384. The minimum atomic E-state index is 0. The molecule has 0 unspecified atom stereocenters. The van der Waals surface area contributed by atoms with Crippen molar-refractivity contribution in [2.45, 2.75) is 47.6 Å². The van der Waals surface area contributed by atoms with Crippen LogP contribution in [0.25, 0.3) is 0 Å². The van der Waals surface area contributed by atoms with Crippen molar-refractivity contribution >= 4 is 29.9 Å². The smallest absolute Gasteiger partial charge is 0.191 e. The molecular formula is C14H33IN4. The number of hydrogen-bond acceptors (Lipinski definition) is 2. The zero-order chi connectivity index (χ0) is 14.0. The maximum atomic E-state index is 4.56. The number of guanidine groups is 1. The first kappa shape index (κ1) is 21.3. The molecule has 116 valence electrons. The summed E-state index contributed by atoms with van der Waals surface area (Å²) in [6.07, 6.45) is 0. The highest BCUT2D eigenvalue weighted by Gasteiger charge is 2.06. The van der Waals surface area contributed by atoms with E-state index in [2.05, 4.69) is 62.1 Å². The highest BCUT2D eigenvalue weighted by molar-refractivity contribution is 14.0. The van der Waals surface area contributed by atoms with E-state index in [4.69, 9.17) is 0 Å². The van der Waals surface area contributed by atoms with Crippen LogP contribution in [0.5, 0.6) is 0 Å². The Labute approximate surface area is 136 Å².